The highest BCUT2D eigenvalue weighted by Crippen LogP contribution is 2.26. The molecule has 1 aliphatic heterocycles. The minimum absolute atomic E-state index is 0. The van der Waals surface area contributed by atoms with Gasteiger partial charge in [0.1, 0.15) is 0 Å². The van der Waals surface area contributed by atoms with Crippen LogP contribution in [0.2, 0.25) is 0 Å². The molecule has 0 atom stereocenters. The smallest absolute Gasteiger partial charge is 0.180 e. The summed E-state index contributed by atoms with van der Waals surface area (Å²) in [6, 6.07) is 0.899. The average molecular weight is 289 g/mol. The third-order valence-corrected chi connectivity index (χ3v) is 4.76. The first-order valence-electron chi connectivity index (χ1n) is 6.48. The van der Waals surface area contributed by atoms with E-state index in [1.54, 1.807) is 11.3 Å². The molecule has 1 aliphatic carbocycles. The van der Waals surface area contributed by atoms with Gasteiger partial charge in [-0.1, -0.05) is 6.42 Å². The van der Waals surface area contributed by atoms with Crippen molar-refractivity contribution in [3.05, 3.63) is 11.1 Å². The molecule has 6 heteroatoms. The molecule has 0 bridgehead atoms. The van der Waals surface area contributed by atoms with Gasteiger partial charge < -0.3 is 5.73 Å². The Bertz CT molecular complexity index is 372. The minimum Gasteiger partial charge on any atom is -0.375 e. The Balaban J connectivity index is 0.00000120. The van der Waals surface area contributed by atoms with Crippen LogP contribution < -0.4 is 5.73 Å². The number of thiazole rings is 1. The molecule has 0 aromatic carbocycles. The van der Waals surface area contributed by atoms with Crippen molar-refractivity contribution < 1.29 is 0 Å². The molecule has 2 N–H and O–H groups in total. The van der Waals surface area contributed by atoms with E-state index in [0.717, 1.165) is 12.6 Å². The van der Waals surface area contributed by atoms with E-state index in [1.807, 2.05) is 6.20 Å². The summed E-state index contributed by atoms with van der Waals surface area (Å²) in [5, 5.41) is 0.688. The lowest BCUT2D eigenvalue weighted by Crippen LogP contribution is -2.51. The van der Waals surface area contributed by atoms with Gasteiger partial charge in [0.05, 0.1) is 0 Å². The van der Waals surface area contributed by atoms with E-state index >= 15 is 0 Å². The molecule has 2 fully saturated rings. The van der Waals surface area contributed by atoms with Gasteiger partial charge >= 0.3 is 0 Å². The number of nitrogens with zero attached hydrogens (tertiary/aromatic N) is 3. The first kappa shape index (κ1) is 14.1. The molecule has 0 unspecified atom stereocenters. The summed E-state index contributed by atoms with van der Waals surface area (Å²) in [5.74, 6) is 0. The fourth-order valence-electron chi connectivity index (χ4n) is 2.65. The van der Waals surface area contributed by atoms with Gasteiger partial charge in [-0.25, -0.2) is 4.98 Å². The maximum atomic E-state index is 5.65. The van der Waals surface area contributed by atoms with E-state index in [0.29, 0.717) is 5.13 Å². The molecule has 1 aromatic rings. The summed E-state index contributed by atoms with van der Waals surface area (Å²) in [6.07, 6.45) is 6.19. The Morgan fingerprint density at radius 2 is 2.00 bits per heavy atom. The van der Waals surface area contributed by atoms with Gasteiger partial charge in [0, 0.05) is 49.8 Å². The molecule has 0 amide bonds. The Hall–Kier alpha value is -0.360. The maximum Gasteiger partial charge on any atom is 0.180 e. The van der Waals surface area contributed by atoms with Crippen molar-refractivity contribution >= 4 is 28.9 Å². The van der Waals surface area contributed by atoms with Crippen molar-refractivity contribution in [3.8, 4) is 0 Å². The Morgan fingerprint density at radius 1 is 1.28 bits per heavy atom. The van der Waals surface area contributed by atoms with Crippen LogP contribution in [0.15, 0.2) is 6.20 Å². The molecule has 0 spiro atoms. The third-order valence-electron chi connectivity index (χ3n) is 3.95. The van der Waals surface area contributed by atoms with E-state index in [9.17, 15) is 0 Å². The predicted molar refractivity (Wildman–Crippen MR) is 78.3 cm³/mol. The van der Waals surface area contributed by atoms with E-state index in [-0.39, 0.29) is 12.4 Å². The highest BCUT2D eigenvalue weighted by Gasteiger charge is 2.27. The van der Waals surface area contributed by atoms with Gasteiger partial charge in [0.2, 0.25) is 0 Å². The monoisotopic (exact) mass is 288 g/mol. The normalized spacial score (nSPS) is 22.4. The zero-order valence-electron chi connectivity index (χ0n) is 10.5. The van der Waals surface area contributed by atoms with Crippen molar-refractivity contribution in [2.75, 3.05) is 31.9 Å². The number of nitrogen functional groups attached to an aromatic ring is 1. The largest absolute Gasteiger partial charge is 0.375 e. The van der Waals surface area contributed by atoms with Crippen molar-refractivity contribution in [2.45, 2.75) is 31.8 Å². The third kappa shape index (κ3) is 3.15. The summed E-state index contributed by atoms with van der Waals surface area (Å²) in [6.45, 7) is 5.87. The predicted octanol–water partition coefficient (Wildman–Crippen LogP) is 1.82. The standard InChI is InChI=1S/C12H20N4S.ClH/c13-12-14-8-11(17-12)9-15-4-6-16(7-5-15)10-2-1-3-10;/h8,10H,1-7,9H2,(H2,13,14);1H. The Labute approximate surface area is 119 Å². The first-order chi connectivity index (χ1) is 8.31. The summed E-state index contributed by atoms with van der Waals surface area (Å²) < 4.78 is 0. The Morgan fingerprint density at radius 3 is 2.50 bits per heavy atom. The van der Waals surface area contributed by atoms with Crippen LogP contribution in [0.3, 0.4) is 0 Å². The van der Waals surface area contributed by atoms with Crippen molar-refractivity contribution in [3.63, 3.8) is 0 Å². The van der Waals surface area contributed by atoms with Gasteiger partial charge in [-0.15, -0.1) is 23.7 Å². The first-order valence-corrected chi connectivity index (χ1v) is 7.29. The zero-order chi connectivity index (χ0) is 11.7. The maximum absolute atomic E-state index is 5.65. The highest BCUT2D eigenvalue weighted by molar-refractivity contribution is 7.15. The van der Waals surface area contributed by atoms with Gasteiger partial charge in [-0.2, -0.15) is 0 Å². The molecule has 3 rings (SSSR count). The van der Waals surface area contributed by atoms with E-state index < -0.39 is 0 Å². The molecule has 0 radical (unpaired) electrons. The van der Waals surface area contributed by atoms with Crippen LogP contribution in [-0.2, 0) is 6.54 Å². The molecule has 1 saturated carbocycles. The quantitative estimate of drug-likeness (QED) is 0.921. The van der Waals surface area contributed by atoms with Gasteiger partial charge in [-0.3, -0.25) is 9.80 Å². The van der Waals surface area contributed by atoms with Crippen molar-refractivity contribution in [2.24, 2.45) is 0 Å². The van der Waals surface area contributed by atoms with Crippen LogP contribution in [-0.4, -0.2) is 47.0 Å². The molecule has 2 heterocycles. The van der Waals surface area contributed by atoms with Gasteiger partial charge in [0.25, 0.3) is 0 Å². The van der Waals surface area contributed by atoms with Crippen LogP contribution in [0.4, 0.5) is 5.13 Å². The lowest BCUT2D eigenvalue weighted by Gasteiger charge is -2.42. The van der Waals surface area contributed by atoms with E-state index in [1.165, 1.54) is 50.3 Å². The molecule has 1 aromatic heterocycles. The number of piperazine rings is 1. The number of aromatic nitrogens is 1. The van der Waals surface area contributed by atoms with Crippen LogP contribution in [0.5, 0.6) is 0 Å². The second-order valence-electron chi connectivity index (χ2n) is 5.06. The fraction of sp³-hybridized carbons (Fsp3) is 0.750. The number of nitrogens with two attached hydrogens (primary N) is 1. The lowest BCUT2D eigenvalue weighted by molar-refractivity contribution is 0.0591. The molecule has 18 heavy (non-hydrogen) atoms. The SMILES string of the molecule is Cl.Nc1ncc(CN2CCN(C3CCC3)CC2)s1. The zero-order valence-corrected chi connectivity index (χ0v) is 12.2. The summed E-state index contributed by atoms with van der Waals surface area (Å²) in [5.41, 5.74) is 5.65. The van der Waals surface area contributed by atoms with E-state index in [4.69, 9.17) is 5.73 Å². The molecular weight excluding hydrogens is 268 g/mol. The minimum atomic E-state index is 0. The number of halogens is 1. The Kier molecular flexibility index (Phi) is 4.84. The van der Waals surface area contributed by atoms with Crippen molar-refractivity contribution in [1.29, 1.82) is 0 Å². The highest BCUT2D eigenvalue weighted by atomic mass is 35.5. The molecule has 2 aliphatic rings. The number of hydrogen-bond acceptors (Lipinski definition) is 5. The summed E-state index contributed by atoms with van der Waals surface area (Å²) in [7, 11) is 0. The molecule has 4 nitrogen and oxygen atoms in total. The van der Waals surface area contributed by atoms with Crippen molar-refractivity contribution in [1.82, 2.24) is 14.8 Å². The molecule has 1 saturated heterocycles. The summed E-state index contributed by atoms with van der Waals surface area (Å²) in [4.78, 5) is 10.6. The van der Waals surface area contributed by atoms with Crippen LogP contribution in [0.1, 0.15) is 24.1 Å². The van der Waals surface area contributed by atoms with Crippen LogP contribution in [0, 0.1) is 0 Å². The van der Waals surface area contributed by atoms with Crippen LogP contribution >= 0.6 is 23.7 Å². The van der Waals surface area contributed by atoms with Gasteiger partial charge in [-0.05, 0) is 12.8 Å². The number of anilines is 1. The van der Waals surface area contributed by atoms with E-state index in [2.05, 4.69) is 14.8 Å². The topological polar surface area (TPSA) is 45.4 Å². The molecule has 102 valence electrons. The second kappa shape index (κ2) is 6.19. The number of rotatable bonds is 3. The van der Waals surface area contributed by atoms with Crippen LogP contribution in [0.25, 0.3) is 0 Å². The molecular formula is C12H21ClN4S. The fourth-order valence-corrected chi connectivity index (χ4v) is 3.38. The van der Waals surface area contributed by atoms with Gasteiger partial charge in [0.15, 0.2) is 5.13 Å². The average Bonchev–Trinajstić information content (AvgIpc) is 2.64. The second-order valence-corrected chi connectivity index (χ2v) is 6.21. The lowest BCUT2D eigenvalue weighted by atomic mass is 9.91. The summed E-state index contributed by atoms with van der Waals surface area (Å²) >= 11 is 1.62. The number of hydrogen-bond donors (Lipinski definition) is 1.